The summed E-state index contributed by atoms with van der Waals surface area (Å²) >= 11 is 0. The van der Waals surface area contributed by atoms with E-state index < -0.39 is 12.0 Å². The van der Waals surface area contributed by atoms with Crippen molar-refractivity contribution in [3.05, 3.63) is 17.0 Å². The number of hydrogen-bond acceptors (Lipinski definition) is 4. The van der Waals surface area contributed by atoms with Crippen LogP contribution in [-0.4, -0.2) is 62.9 Å². The molecule has 1 aliphatic carbocycles. The minimum atomic E-state index is -0.764. The monoisotopic (exact) mass is 334 g/mol. The third kappa shape index (κ3) is 3.35. The molecule has 6 heteroatoms. The fourth-order valence-electron chi connectivity index (χ4n) is 4.45. The van der Waals surface area contributed by atoms with Gasteiger partial charge in [-0.3, -0.25) is 19.3 Å². The van der Waals surface area contributed by atoms with Crippen molar-refractivity contribution < 1.29 is 9.90 Å². The zero-order chi connectivity index (χ0) is 17.3. The standard InChI is InChI=1S/C18H30N4O2/c1-13-16(14(2)20(3)19-13)17(18(23)24)22-11-9-21(10-12-22)15-7-5-4-6-8-15/h15,17H,4-12H2,1-3H3,(H,23,24). The van der Waals surface area contributed by atoms with Gasteiger partial charge in [0.25, 0.3) is 0 Å². The Kier molecular flexibility index (Phi) is 5.25. The van der Waals surface area contributed by atoms with Gasteiger partial charge < -0.3 is 5.11 Å². The molecule has 2 fully saturated rings. The van der Waals surface area contributed by atoms with E-state index in [-0.39, 0.29) is 0 Å². The molecule has 0 bridgehead atoms. The molecule has 6 nitrogen and oxygen atoms in total. The van der Waals surface area contributed by atoms with Gasteiger partial charge in [0.2, 0.25) is 0 Å². The van der Waals surface area contributed by atoms with Gasteiger partial charge in [-0.25, -0.2) is 0 Å². The van der Waals surface area contributed by atoms with Crippen molar-refractivity contribution in [2.75, 3.05) is 26.2 Å². The predicted octanol–water partition coefficient (Wildman–Crippen LogP) is 2.11. The first kappa shape index (κ1) is 17.4. The van der Waals surface area contributed by atoms with Crippen LogP contribution in [0.1, 0.15) is 55.1 Å². The second-order valence-electron chi connectivity index (χ2n) is 7.31. The summed E-state index contributed by atoms with van der Waals surface area (Å²) in [6, 6.07) is 0.137. The normalized spacial score (nSPS) is 22.6. The topological polar surface area (TPSA) is 61.6 Å². The lowest BCUT2D eigenvalue weighted by Crippen LogP contribution is -2.52. The highest BCUT2D eigenvalue weighted by atomic mass is 16.4. The molecule has 0 radical (unpaired) electrons. The molecule has 1 atom stereocenters. The van der Waals surface area contributed by atoms with E-state index in [4.69, 9.17) is 0 Å². The van der Waals surface area contributed by atoms with Gasteiger partial charge in [-0.15, -0.1) is 0 Å². The first-order valence-electron chi connectivity index (χ1n) is 9.20. The molecule has 2 aliphatic rings. The van der Waals surface area contributed by atoms with E-state index in [1.807, 2.05) is 20.9 Å². The summed E-state index contributed by atoms with van der Waals surface area (Å²) in [4.78, 5) is 16.7. The van der Waals surface area contributed by atoms with Gasteiger partial charge in [0.1, 0.15) is 6.04 Å². The maximum atomic E-state index is 12.0. The maximum Gasteiger partial charge on any atom is 0.325 e. The number of hydrogen-bond donors (Lipinski definition) is 1. The number of piperazine rings is 1. The van der Waals surface area contributed by atoms with Gasteiger partial charge in [-0.1, -0.05) is 19.3 Å². The van der Waals surface area contributed by atoms with E-state index in [0.717, 1.165) is 43.1 Å². The number of nitrogens with zero attached hydrogens (tertiary/aromatic N) is 4. The summed E-state index contributed by atoms with van der Waals surface area (Å²) in [6.45, 7) is 7.47. The summed E-state index contributed by atoms with van der Waals surface area (Å²) < 4.78 is 1.79. The molecular weight excluding hydrogens is 304 g/mol. The minimum Gasteiger partial charge on any atom is -0.480 e. The smallest absolute Gasteiger partial charge is 0.325 e. The SMILES string of the molecule is Cc1nn(C)c(C)c1C(C(=O)O)N1CCN(C2CCCCC2)CC1. The number of carbonyl (C=O) groups is 1. The summed E-state index contributed by atoms with van der Waals surface area (Å²) in [6.07, 6.45) is 6.68. The average molecular weight is 334 g/mol. The number of carboxylic acids is 1. The Labute approximate surface area is 144 Å². The molecule has 0 spiro atoms. The van der Waals surface area contributed by atoms with Crippen LogP contribution in [0.5, 0.6) is 0 Å². The van der Waals surface area contributed by atoms with E-state index in [2.05, 4.69) is 14.9 Å². The molecule has 2 heterocycles. The quantitative estimate of drug-likeness (QED) is 0.914. The molecule has 1 unspecified atom stereocenters. The lowest BCUT2D eigenvalue weighted by molar-refractivity contribution is -0.144. The number of carboxylic acid groups (broad SMARTS) is 1. The van der Waals surface area contributed by atoms with Crippen molar-refractivity contribution in [1.82, 2.24) is 19.6 Å². The molecule has 1 aromatic heterocycles. The molecule has 1 saturated carbocycles. The third-order valence-electron chi connectivity index (χ3n) is 5.88. The maximum absolute atomic E-state index is 12.0. The van der Waals surface area contributed by atoms with Crippen LogP contribution in [0.3, 0.4) is 0 Å². The van der Waals surface area contributed by atoms with Gasteiger partial charge in [0.15, 0.2) is 0 Å². The Morgan fingerprint density at radius 3 is 2.25 bits per heavy atom. The molecule has 24 heavy (non-hydrogen) atoms. The first-order chi connectivity index (χ1) is 11.5. The van der Waals surface area contributed by atoms with Crippen LogP contribution >= 0.6 is 0 Å². The van der Waals surface area contributed by atoms with Crippen LogP contribution in [0.25, 0.3) is 0 Å². The van der Waals surface area contributed by atoms with Crippen LogP contribution in [-0.2, 0) is 11.8 Å². The predicted molar refractivity (Wildman–Crippen MR) is 93.1 cm³/mol. The molecule has 1 aliphatic heterocycles. The molecule has 134 valence electrons. The van der Waals surface area contributed by atoms with Gasteiger partial charge in [0, 0.05) is 50.5 Å². The van der Waals surface area contributed by atoms with Gasteiger partial charge in [-0.2, -0.15) is 5.10 Å². The van der Waals surface area contributed by atoms with Crippen LogP contribution in [0.4, 0.5) is 0 Å². The second kappa shape index (κ2) is 7.23. The number of rotatable bonds is 4. The van der Waals surface area contributed by atoms with E-state index in [0.29, 0.717) is 6.04 Å². The zero-order valence-electron chi connectivity index (χ0n) is 15.2. The number of aryl methyl sites for hydroxylation is 2. The summed E-state index contributed by atoms with van der Waals surface area (Å²) in [5.74, 6) is -0.764. The molecule has 1 aromatic rings. The highest BCUT2D eigenvalue weighted by molar-refractivity contribution is 5.76. The Balaban J connectivity index is 1.71. The van der Waals surface area contributed by atoms with Crippen LogP contribution in [0.15, 0.2) is 0 Å². The van der Waals surface area contributed by atoms with Gasteiger partial charge in [0.05, 0.1) is 5.69 Å². The number of aliphatic carboxylic acids is 1. The van der Waals surface area contributed by atoms with E-state index in [1.54, 1.807) is 4.68 Å². The minimum absolute atomic E-state index is 0.577. The second-order valence-corrected chi connectivity index (χ2v) is 7.31. The lowest BCUT2D eigenvalue weighted by Gasteiger charge is -2.42. The lowest BCUT2D eigenvalue weighted by atomic mass is 9.93. The van der Waals surface area contributed by atoms with Crippen molar-refractivity contribution >= 4 is 5.97 Å². The van der Waals surface area contributed by atoms with Crippen molar-refractivity contribution in [1.29, 1.82) is 0 Å². The molecule has 1 saturated heterocycles. The Morgan fingerprint density at radius 1 is 1.12 bits per heavy atom. The van der Waals surface area contributed by atoms with E-state index in [9.17, 15) is 9.90 Å². The number of aromatic nitrogens is 2. The Hall–Kier alpha value is -1.40. The zero-order valence-corrected chi connectivity index (χ0v) is 15.2. The van der Waals surface area contributed by atoms with Crippen LogP contribution < -0.4 is 0 Å². The summed E-state index contributed by atoms with van der Waals surface area (Å²) in [5.41, 5.74) is 2.66. The average Bonchev–Trinajstić information content (AvgIpc) is 2.83. The Bertz CT molecular complexity index is 584. The van der Waals surface area contributed by atoms with Crippen LogP contribution in [0.2, 0.25) is 0 Å². The van der Waals surface area contributed by atoms with E-state index in [1.165, 1.54) is 32.1 Å². The highest BCUT2D eigenvalue weighted by Gasteiger charge is 2.35. The molecular formula is C18H30N4O2. The van der Waals surface area contributed by atoms with Crippen molar-refractivity contribution in [3.8, 4) is 0 Å². The molecule has 1 N–H and O–H groups in total. The van der Waals surface area contributed by atoms with Crippen molar-refractivity contribution in [2.24, 2.45) is 7.05 Å². The van der Waals surface area contributed by atoms with Crippen LogP contribution in [0, 0.1) is 13.8 Å². The largest absolute Gasteiger partial charge is 0.480 e. The van der Waals surface area contributed by atoms with Gasteiger partial charge in [-0.05, 0) is 26.7 Å². The summed E-state index contributed by atoms with van der Waals surface area (Å²) in [5, 5.41) is 14.3. The molecule has 0 amide bonds. The van der Waals surface area contributed by atoms with Crippen molar-refractivity contribution in [2.45, 2.75) is 58.0 Å². The molecule has 0 aromatic carbocycles. The summed E-state index contributed by atoms with van der Waals surface area (Å²) in [7, 11) is 1.88. The molecule has 3 rings (SSSR count). The third-order valence-corrected chi connectivity index (χ3v) is 5.88. The fraction of sp³-hybridized carbons (Fsp3) is 0.778. The highest BCUT2D eigenvalue weighted by Crippen LogP contribution is 2.29. The fourth-order valence-corrected chi connectivity index (χ4v) is 4.45. The first-order valence-corrected chi connectivity index (χ1v) is 9.20. The van der Waals surface area contributed by atoms with Crippen molar-refractivity contribution in [3.63, 3.8) is 0 Å². The Morgan fingerprint density at radius 2 is 1.75 bits per heavy atom. The van der Waals surface area contributed by atoms with Gasteiger partial charge >= 0.3 is 5.97 Å². The van der Waals surface area contributed by atoms with E-state index >= 15 is 0 Å².